The third-order valence-corrected chi connectivity index (χ3v) is 5.19. The highest BCUT2D eigenvalue weighted by Gasteiger charge is 2.35. The first-order valence-electron chi connectivity index (χ1n) is 6.99. The molecule has 1 saturated carbocycles. The Labute approximate surface area is 128 Å². The normalized spacial score (nSPS) is 16.5. The van der Waals surface area contributed by atoms with Gasteiger partial charge in [0.1, 0.15) is 11.6 Å². The maximum atomic E-state index is 13.0. The van der Waals surface area contributed by atoms with Crippen LogP contribution in [-0.2, 0) is 10.0 Å². The van der Waals surface area contributed by atoms with Crippen molar-refractivity contribution in [2.75, 3.05) is 0 Å². The summed E-state index contributed by atoms with van der Waals surface area (Å²) in [6, 6.07) is 10.1. The number of halogens is 2. The maximum absolute atomic E-state index is 13.0. The van der Waals surface area contributed by atoms with Crippen LogP contribution in [0, 0.1) is 17.6 Å². The molecule has 6 heteroatoms. The topological polar surface area (TPSA) is 46.2 Å². The number of hydrogen-bond acceptors (Lipinski definition) is 2. The fraction of sp³-hybridized carbons (Fsp3) is 0.250. The van der Waals surface area contributed by atoms with Gasteiger partial charge in [-0.2, -0.15) is 0 Å². The molecule has 0 heterocycles. The average Bonchev–Trinajstić information content (AvgIpc) is 3.31. The Bertz CT molecular complexity index is 754. The zero-order valence-electron chi connectivity index (χ0n) is 11.7. The Morgan fingerprint density at radius 3 is 1.91 bits per heavy atom. The standard InChI is InChI=1S/C16H15F2NO2S/c17-13-5-3-12(4-6-13)16(11-1-2-11)19-22(20,21)15-9-7-14(18)8-10-15/h3-11,16,19H,1-2H2. The number of rotatable bonds is 5. The van der Waals surface area contributed by atoms with Crippen molar-refractivity contribution < 1.29 is 17.2 Å². The van der Waals surface area contributed by atoms with Gasteiger partial charge in [0.05, 0.1) is 4.90 Å². The molecule has 1 N–H and O–H groups in total. The van der Waals surface area contributed by atoms with E-state index in [4.69, 9.17) is 0 Å². The van der Waals surface area contributed by atoms with Crippen molar-refractivity contribution in [2.24, 2.45) is 5.92 Å². The second kappa shape index (κ2) is 5.78. The summed E-state index contributed by atoms with van der Waals surface area (Å²) in [5.41, 5.74) is 0.731. The third-order valence-electron chi connectivity index (χ3n) is 3.73. The summed E-state index contributed by atoms with van der Waals surface area (Å²) in [4.78, 5) is 0.0154. The molecule has 0 amide bonds. The second-order valence-corrected chi connectivity index (χ2v) is 7.16. The Morgan fingerprint density at radius 2 is 1.41 bits per heavy atom. The molecular weight excluding hydrogens is 308 g/mol. The highest BCUT2D eigenvalue weighted by molar-refractivity contribution is 7.89. The molecule has 2 aromatic rings. The summed E-state index contributed by atoms with van der Waals surface area (Å²) in [7, 11) is -3.75. The Hall–Kier alpha value is -1.79. The molecule has 0 spiro atoms. The Morgan fingerprint density at radius 1 is 0.909 bits per heavy atom. The summed E-state index contributed by atoms with van der Waals surface area (Å²) in [6.45, 7) is 0. The fourth-order valence-corrected chi connectivity index (χ4v) is 3.68. The molecule has 2 aromatic carbocycles. The van der Waals surface area contributed by atoms with Gasteiger partial charge < -0.3 is 0 Å². The smallest absolute Gasteiger partial charge is 0.207 e. The zero-order valence-corrected chi connectivity index (χ0v) is 12.5. The number of nitrogens with one attached hydrogen (secondary N) is 1. The largest absolute Gasteiger partial charge is 0.241 e. The van der Waals surface area contributed by atoms with Crippen molar-refractivity contribution in [2.45, 2.75) is 23.8 Å². The molecule has 0 saturated heterocycles. The minimum absolute atomic E-state index is 0.0154. The summed E-state index contributed by atoms with van der Waals surface area (Å²) >= 11 is 0. The summed E-state index contributed by atoms with van der Waals surface area (Å²) in [5.74, 6) is -0.642. The van der Waals surface area contributed by atoms with Crippen LogP contribution in [0.1, 0.15) is 24.4 Å². The summed E-state index contributed by atoms with van der Waals surface area (Å²) in [6.07, 6.45) is 1.85. The lowest BCUT2D eigenvalue weighted by Gasteiger charge is -2.19. The minimum atomic E-state index is -3.75. The van der Waals surface area contributed by atoms with Gasteiger partial charge in [0.25, 0.3) is 0 Å². The van der Waals surface area contributed by atoms with Gasteiger partial charge in [-0.15, -0.1) is 0 Å². The van der Waals surface area contributed by atoms with Gasteiger partial charge in [-0.25, -0.2) is 21.9 Å². The first kappa shape index (κ1) is 15.1. The van der Waals surface area contributed by atoms with Crippen molar-refractivity contribution in [1.82, 2.24) is 4.72 Å². The molecular formula is C16H15F2NO2S. The predicted molar refractivity (Wildman–Crippen MR) is 78.6 cm³/mol. The maximum Gasteiger partial charge on any atom is 0.241 e. The highest BCUT2D eigenvalue weighted by Crippen LogP contribution is 2.41. The monoisotopic (exact) mass is 323 g/mol. The van der Waals surface area contributed by atoms with Crippen molar-refractivity contribution in [3.8, 4) is 0 Å². The molecule has 1 atom stereocenters. The van der Waals surface area contributed by atoms with Crippen molar-refractivity contribution in [3.05, 3.63) is 65.7 Å². The average molecular weight is 323 g/mol. The fourth-order valence-electron chi connectivity index (χ4n) is 2.39. The number of benzene rings is 2. The van der Waals surface area contributed by atoms with Gasteiger partial charge in [-0.3, -0.25) is 0 Å². The first-order chi connectivity index (χ1) is 10.5. The zero-order chi connectivity index (χ0) is 15.7. The lowest BCUT2D eigenvalue weighted by Crippen LogP contribution is -2.30. The van der Waals surface area contributed by atoms with Crippen molar-refractivity contribution >= 4 is 10.0 Å². The van der Waals surface area contributed by atoms with Crippen LogP contribution >= 0.6 is 0 Å². The van der Waals surface area contributed by atoms with Crippen LogP contribution in [0.25, 0.3) is 0 Å². The first-order valence-corrected chi connectivity index (χ1v) is 8.47. The molecule has 0 bridgehead atoms. The van der Waals surface area contributed by atoms with E-state index in [1.54, 1.807) is 12.1 Å². The molecule has 1 fully saturated rings. The highest BCUT2D eigenvalue weighted by atomic mass is 32.2. The lowest BCUT2D eigenvalue weighted by molar-refractivity contribution is 0.527. The quantitative estimate of drug-likeness (QED) is 0.917. The molecule has 1 unspecified atom stereocenters. The second-order valence-electron chi connectivity index (χ2n) is 5.44. The van der Waals surface area contributed by atoms with E-state index in [1.807, 2.05) is 0 Å². The Kier molecular flexibility index (Phi) is 3.97. The molecule has 3 nitrogen and oxygen atoms in total. The van der Waals surface area contributed by atoms with Crippen LogP contribution in [0.15, 0.2) is 53.4 Å². The van der Waals surface area contributed by atoms with Gasteiger partial charge in [-0.1, -0.05) is 12.1 Å². The van der Waals surface area contributed by atoms with Crippen LogP contribution in [0.3, 0.4) is 0 Å². The van der Waals surface area contributed by atoms with Crippen LogP contribution in [0.5, 0.6) is 0 Å². The van der Waals surface area contributed by atoms with Crippen molar-refractivity contribution in [1.29, 1.82) is 0 Å². The van der Waals surface area contributed by atoms with E-state index < -0.39 is 21.9 Å². The van der Waals surface area contributed by atoms with E-state index >= 15 is 0 Å². The van der Waals surface area contributed by atoms with Crippen LogP contribution in [0.4, 0.5) is 8.78 Å². The van der Waals surface area contributed by atoms with E-state index in [0.717, 1.165) is 30.5 Å². The van der Waals surface area contributed by atoms with Gasteiger partial charge in [0, 0.05) is 6.04 Å². The van der Waals surface area contributed by atoms with E-state index in [0.29, 0.717) is 0 Å². The van der Waals surface area contributed by atoms with E-state index in [1.165, 1.54) is 24.3 Å². The lowest BCUT2D eigenvalue weighted by atomic mass is 10.0. The Balaban J connectivity index is 1.87. The molecule has 0 aliphatic heterocycles. The van der Waals surface area contributed by atoms with E-state index in [9.17, 15) is 17.2 Å². The molecule has 1 aliphatic carbocycles. The molecule has 1 aliphatic rings. The van der Waals surface area contributed by atoms with Crippen LogP contribution < -0.4 is 4.72 Å². The van der Waals surface area contributed by atoms with Gasteiger partial charge in [0.2, 0.25) is 10.0 Å². The SMILES string of the molecule is O=S(=O)(NC(c1ccc(F)cc1)C1CC1)c1ccc(F)cc1. The van der Waals surface area contributed by atoms with Gasteiger partial charge >= 0.3 is 0 Å². The van der Waals surface area contributed by atoms with Gasteiger partial charge in [-0.05, 0) is 60.7 Å². The molecule has 22 heavy (non-hydrogen) atoms. The molecule has 0 radical (unpaired) electrons. The number of sulfonamides is 1. The van der Waals surface area contributed by atoms with E-state index in [-0.39, 0.29) is 16.6 Å². The molecule has 116 valence electrons. The van der Waals surface area contributed by atoms with Crippen molar-refractivity contribution in [3.63, 3.8) is 0 Å². The molecule has 3 rings (SSSR count). The molecule has 0 aromatic heterocycles. The van der Waals surface area contributed by atoms with Crippen LogP contribution in [-0.4, -0.2) is 8.42 Å². The number of hydrogen-bond donors (Lipinski definition) is 1. The van der Waals surface area contributed by atoms with Gasteiger partial charge in [0.15, 0.2) is 0 Å². The minimum Gasteiger partial charge on any atom is -0.207 e. The van der Waals surface area contributed by atoms with Crippen LogP contribution in [0.2, 0.25) is 0 Å². The van der Waals surface area contributed by atoms with E-state index in [2.05, 4.69) is 4.72 Å². The predicted octanol–water partition coefficient (Wildman–Crippen LogP) is 3.39. The third kappa shape index (κ3) is 3.34. The summed E-state index contributed by atoms with van der Waals surface area (Å²) in [5, 5.41) is 0. The summed E-state index contributed by atoms with van der Waals surface area (Å²) < 4.78 is 53.5.